The first-order valence-electron chi connectivity index (χ1n) is 5.28. The monoisotopic (exact) mass is 233 g/mol. The maximum atomic E-state index is 13.2. The summed E-state index contributed by atoms with van der Waals surface area (Å²) in [5.41, 5.74) is 0.472. The first-order valence-corrected chi connectivity index (χ1v) is 5.28. The van der Waals surface area contributed by atoms with Gasteiger partial charge in [-0.15, -0.1) is 0 Å². The molecule has 0 atom stereocenters. The third-order valence-electron chi connectivity index (χ3n) is 2.35. The molecule has 2 rings (SSSR count). The van der Waals surface area contributed by atoms with Crippen LogP contribution in [-0.4, -0.2) is 5.91 Å². The van der Waals surface area contributed by atoms with E-state index < -0.39 is 0 Å². The minimum atomic E-state index is -0.314. The van der Waals surface area contributed by atoms with E-state index in [1.165, 1.54) is 12.3 Å². The van der Waals surface area contributed by atoms with Crippen LogP contribution in [0.2, 0.25) is 0 Å². The Morgan fingerprint density at radius 2 is 2.06 bits per heavy atom. The van der Waals surface area contributed by atoms with Crippen molar-refractivity contribution in [2.45, 2.75) is 13.0 Å². The fourth-order valence-corrected chi connectivity index (χ4v) is 1.47. The number of carbonyl (C=O) groups is 1. The fourth-order valence-electron chi connectivity index (χ4n) is 1.47. The molecule has 0 aliphatic rings. The predicted molar refractivity (Wildman–Crippen MR) is 60.7 cm³/mol. The Kier molecular flexibility index (Phi) is 3.55. The molecule has 0 fully saturated rings. The zero-order chi connectivity index (χ0) is 12.1. The molecule has 3 nitrogen and oxygen atoms in total. The zero-order valence-corrected chi connectivity index (χ0v) is 9.15. The number of rotatable bonds is 4. The number of hydrogen-bond acceptors (Lipinski definition) is 2. The molecule has 1 amide bonds. The van der Waals surface area contributed by atoms with Crippen molar-refractivity contribution in [3.8, 4) is 0 Å². The van der Waals surface area contributed by atoms with E-state index in [4.69, 9.17) is 4.42 Å². The van der Waals surface area contributed by atoms with Gasteiger partial charge in [0.2, 0.25) is 5.91 Å². The number of furan rings is 1. The Labute approximate surface area is 98.3 Å². The summed E-state index contributed by atoms with van der Waals surface area (Å²) in [6.45, 7) is 0.187. The van der Waals surface area contributed by atoms with Crippen LogP contribution in [0.4, 0.5) is 4.39 Å². The van der Waals surface area contributed by atoms with E-state index in [2.05, 4.69) is 5.32 Å². The Morgan fingerprint density at radius 1 is 1.24 bits per heavy atom. The normalized spacial score (nSPS) is 10.2. The van der Waals surface area contributed by atoms with Gasteiger partial charge in [-0.1, -0.05) is 18.2 Å². The van der Waals surface area contributed by atoms with Crippen LogP contribution in [-0.2, 0) is 17.8 Å². The summed E-state index contributed by atoms with van der Waals surface area (Å²) in [6, 6.07) is 9.80. The molecule has 0 aliphatic heterocycles. The largest absolute Gasteiger partial charge is 0.469 e. The minimum Gasteiger partial charge on any atom is -0.469 e. The molecule has 2 aromatic rings. The molecule has 0 saturated heterocycles. The molecule has 0 saturated carbocycles. The van der Waals surface area contributed by atoms with Gasteiger partial charge in [0.15, 0.2) is 0 Å². The minimum absolute atomic E-state index is 0.168. The molecule has 0 aliphatic carbocycles. The van der Waals surface area contributed by atoms with Gasteiger partial charge in [0, 0.05) is 12.1 Å². The molecule has 1 aromatic heterocycles. The van der Waals surface area contributed by atoms with Crippen LogP contribution in [0, 0.1) is 5.82 Å². The Balaban J connectivity index is 1.86. The topological polar surface area (TPSA) is 42.2 Å². The standard InChI is InChI=1S/C13H12FNO2/c14-12-6-2-1-4-10(12)9-15-13(16)8-11-5-3-7-17-11/h1-7H,8-9H2,(H,15,16). The third-order valence-corrected chi connectivity index (χ3v) is 2.35. The average molecular weight is 233 g/mol. The average Bonchev–Trinajstić information content (AvgIpc) is 2.81. The van der Waals surface area contributed by atoms with Gasteiger partial charge in [-0.25, -0.2) is 4.39 Å². The Bertz CT molecular complexity index is 494. The van der Waals surface area contributed by atoms with Crippen molar-refractivity contribution in [3.63, 3.8) is 0 Å². The van der Waals surface area contributed by atoms with Crippen molar-refractivity contribution >= 4 is 5.91 Å². The lowest BCUT2D eigenvalue weighted by Crippen LogP contribution is -2.24. The van der Waals surface area contributed by atoms with Crippen molar-refractivity contribution in [2.24, 2.45) is 0 Å². The molecule has 1 heterocycles. The smallest absolute Gasteiger partial charge is 0.227 e. The van der Waals surface area contributed by atoms with E-state index in [0.29, 0.717) is 11.3 Å². The highest BCUT2D eigenvalue weighted by Crippen LogP contribution is 2.06. The van der Waals surface area contributed by atoms with Crippen molar-refractivity contribution in [2.75, 3.05) is 0 Å². The lowest BCUT2D eigenvalue weighted by Gasteiger charge is -2.05. The lowest BCUT2D eigenvalue weighted by atomic mass is 10.2. The van der Waals surface area contributed by atoms with Crippen LogP contribution in [0.1, 0.15) is 11.3 Å². The molecule has 1 aromatic carbocycles. The Hall–Kier alpha value is -2.10. The van der Waals surface area contributed by atoms with E-state index in [-0.39, 0.29) is 24.7 Å². The first-order chi connectivity index (χ1) is 8.25. The maximum Gasteiger partial charge on any atom is 0.227 e. The molecule has 17 heavy (non-hydrogen) atoms. The summed E-state index contributed by atoms with van der Waals surface area (Å²) in [5.74, 6) is 0.0880. The number of amides is 1. The van der Waals surface area contributed by atoms with E-state index in [1.807, 2.05) is 0 Å². The number of carbonyl (C=O) groups excluding carboxylic acids is 1. The van der Waals surface area contributed by atoms with Gasteiger partial charge < -0.3 is 9.73 Å². The number of nitrogens with one attached hydrogen (secondary N) is 1. The van der Waals surface area contributed by atoms with Gasteiger partial charge in [0.1, 0.15) is 11.6 Å². The number of halogens is 1. The first kappa shape index (κ1) is 11.4. The van der Waals surface area contributed by atoms with Gasteiger partial charge in [-0.2, -0.15) is 0 Å². The zero-order valence-electron chi connectivity index (χ0n) is 9.15. The van der Waals surface area contributed by atoms with E-state index in [0.717, 1.165) is 0 Å². The van der Waals surface area contributed by atoms with Crippen molar-refractivity contribution in [1.82, 2.24) is 5.32 Å². The van der Waals surface area contributed by atoms with Crippen molar-refractivity contribution < 1.29 is 13.6 Å². The van der Waals surface area contributed by atoms with Crippen LogP contribution in [0.25, 0.3) is 0 Å². The van der Waals surface area contributed by atoms with Crippen LogP contribution >= 0.6 is 0 Å². The number of hydrogen-bond donors (Lipinski definition) is 1. The van der Waals surface area contributed by atoms with E-state index in [1.54, 1.807) is 30.3 Å². The summed E-state index contributed by atoms with van der Waals surface area (Å²) < 4.78 is 18.3. The molecule has 0 bridgehead atoms. The van der Waals surface area contributed by atoms with Crippen LogP contribution in [0.15, 0.2) is 47.1 Å². The maximum absolute atomic E-state index is 13.2. The Morgan fingerprint density at radius 3 is 2.76 bits per heavy atom. The summed E-state index contributed by atoms with van der Waals surface area (Å²) in [6.07, 6.45) is 1.68. The highest BCUT2D eigenvalue weighted by molar-refractivity contribution is 5.77. The number of benzene rings is 1. The van der Waals surface area contributed by atoms with Gasteiger partial charge in [0.25, 0.3) is 0 Å². The summed E-state index contributed by atoms with van der Waals surface area (Å²) >= 11 is 0. The molecule has 0 unspecified atom stereocenters. The quantitative estimate of drug-likeness (QED) is 0.880. The highest BCUT2D eigenvalue weighted by Gasteiger charge is 2.06. The summed E-state index contributed by atoms with van der Waals surface area (Å²) in [4.78, 5) is 11.5. The second-order valence-corrected chi connectivity index (χ2v) is 3.62. The summed E-state index contributed by atoms with van der Waals surface area (Å²) in [5, 5.41) is 2.64. The summed E-state index contributed by atoms with van der Waals surface area (Å²) in [7, 11) is 0. The SMILES string of the molecule is O=C(Cc1ccco1)NCc1ccccc1F. The molecular weight excluding hydrogens is 221 g/mol. The van der Waals surface area contributed by atoms with Gasteiger partial charge in [-0.3, -0.25) is 4.79 Å². The van der Waals surface area contributed by atoms with Crippen LogP contribution in [0.5, 0.6) is 0 Å². The van der Waals surface area contributed by atoms with Crippen LogP contribution < -0.4 is 5.32 Å². The molecule has 1 N–H and O–H groups in total. The van der Waals surface area contributed by atoms with Crippen molar-refractivity contribution in [1.29, 1.82) is 0 Å². The fraction of sp³-hybridized carbons (Fsp3) is 0.154. The molecule has 0 spiro atoms. The van der Waals surface area contributed by atoms with Gasteiger partial charge in [0.05, 0.1) is 12.7 Å². The molecule has 4 heteroatoms. The predicted octanol–water partition coefficient (Wildman–Crippen LogP) is 2.28. The second kappa shape index (κ2) is 5.30. The molecule has 0 radical (unpaired) electrons. The highest BCUT2D eigenvalue weighted by atomic mass is 19.1. The van der Waals surface area contributed by atoms with Gasteiger partial charge >= 0.3 is 0 Å². The van der Waals surface area contributed by atoms with Gasteiger partial charge in [-0.05, 0) is 18.2 Å². The second-order valence-electron chi connectivity index (χ2n) is 3.62. The third kappa shape index (κ3) is 3.17. The van der Waals surface area contributed by atoms with E-state index in [9.17, 15) is 9.18 Å². The lowest BCUT2D eigenvalue weighted by molar-refractivity contribution is -0.120. The van der Waals surface area contributed by atoms with E-state index >= 15 is 0 Å². The molecule has 88 valence electrons. The van der Waals surface area contributed by atoms with Crippen molar-refractivity contribution in [3.05, 3.63) is 59.8 Å². The van der Waals surface area contributed by atoms with Crippen LogP contribution in [0.3, 0.4) is 0 Å². The molecular formula is C13H12FNO2.